The van der Waals surface area contributed by atoms with Gasteiger partial charge in [0.05, 0.1) is 4.90 Å². The van der Waals surface area contributed by atoms with E-state index in [1.54, 1.807) is 19.1 Å². The molecule has 118 valence electrons. The Hall–Kier alpha value is -1.11. The molecule has 1 aliphatic heterocycles. The van der Waals surface area contributed by atoms with E-state index in [0.717, 1.165) is 32.2 Å². The summed E-state index contributed by atoms with van der Waals surface area (Å²) in [7, 11) is -3.31. The van der Waals surface area contributed by atoms with Gasteiger partial charge in [-0.05, 0) is 44.0 Å². The lowest BCUT2D eigenvalue weighted by atomic mass is 10.1. The summed E-state index contributed by atoms with van der Waals surface area (Å²) in [4.78, 5) is 12.4. The summed E-state index contributed by atoms with van der Waals surface area (Å²) in [5.74, 6) is -0.219. The Labute approximate surface area is 131 Å². The maximum Gasteiger partial charge on any atom is 0.251 e. The third kappa shape index (κ3) is 4.69. The van der Waals surface area contributed by atoms with Crippen LogP contribution >= 0.6 is 12.4 Å². The number of hydrogen-bond donors (Lipinski definition) is 2. The van der Waals surface area contributed by atoms with Crippen molar-refractivity contribution < 1.29 is 13.2 Å². The summed E-state index contributed by atoms with van der Waals surface area (Å²) >= 11 is 0. The highest BCUT2D eigenvalue weighted by molar-refractivity contribution is 7.90. The fraction of sp³-hybridized carbons (Fsp3) is 0.500. The van der Waals surface area contributed by atoms with Crippen molar-refractivity contribution in [3.05, 3.63) is 29.3 Å². The lowest BCUT2D eigenvalue weighted by Gasteiger charge is -2.23. The van der Waals surface area contributed by atoms with Crippen LogP contribution in [0.25, 0.3) is 0 Å². The van der Waals surface area contributed by atoms with E-state index in [-0.39, 0.29) is 29.3 Å². The molecule has 0 spiro atoms. The van der Waals surface area contributed by atoms with Crippen molar-refractivity contribution in [3.8, 4) is 0 Å². The van der Waals surface area contributed by atoms with E-state index >= 15 is 0 Å². The minimum atomic E-state index is -3.31. The number of halogens is 1. The summed E-state index contributed by atoms with van der Waals surface area (Å²) in [6, 6.07) is 4.90. The van der Waals surface area contributed by atoms with Gasteiger partial charge in [0.15, 0.2) is 9.84 Å². The Balaban J connectivity index is 0.00000220. The molecule has 0 aromatic heterocycles. The molecule has 2 N–H and O–H groups in total. The third-order valence-corrected chi connectivity index (χ3v) is 4.72. The molecule has 1 aromatic rings. The van der Waals surface area contributed by atoms with Gasteiger partial charge < -0.3 is 10.6 Å². The molecule has 1 unspecified atom stereocenters. The molecular formula is C14H21ClN2O3S. The first kappa shape index (κ1) is 17.9. The summed E-state index contributed by atoms with van der Waals surface area (Å²) in [6.45, 7) is 3.47. The molecule has 1 saturated heterocycles. The SMILES string of the molecule is Cc1ccc(C(=O)NC2CCCNC2)cc1S(C)(=O)=O.Cl. The van der Waals surface area contributed by atoms with Crippen molar-refractivity contribution in [1.29, 1.82) is 0 Å². The minimum absolute atomic E-state index is 0. The highest BCUT2D eigenvalue weighted by Gasteiger charge is 2.18. The average Bonchev–Trinajstić information content (AvgIpc) is 2.39. The lowest BCUT2D eigenvalue weighted by molar-refractivity contribution is 0.0930. The Morgan fingerprint density at radius 2 is 2.10 bits per heavy atom. The van der Waals surface area contributed by atoms with Crippen LogP contribution in [0, 0.1) is 6.92 Å². The van der Waals surface area contributed by atoms with E-state index in [4.69, 9.17) is 0 Å². The second-order valence-corrected chi connectivity index (χ2v) is 7.25. The molecule has 1 aliphatic rings. The van der Waals surface area contributed by atoms with Crippen LogP contribution in [0.2, 0.25) is 0 Å². The van der Waals surface area contributed by atoms with Gasteiger partial charge in [0.25, 0.3) is 5.91 Å². The molecule has 2 rings (SSSR count). The van der Waals surface area contributed by atoms with Gasteiger partial charge in [0, 0.05) is 24.4 Å². The molecule has 5 nitrogen and oxygen atoms in total. The first-order valence-corrected chi connectivity index (χ1v) is 8.59. The molecule has 0 saturated carbocycles. The van der Waals surface area contributed by atoms with Crippen molar-refractivity contribution >= 4 is 28.2 Å². The second-order valence-electron chi connectivity index (χ2n) is 5.27. The fourth-order valence-electron chi connectivity index (χ4n) is 2.38. The first-order valence-electron chi connectivity index (χ1n) is 6.70. The van der Waals surface area contributed by atoms with Crippen LogP contribution in [0.4, 0.5) is 0 Å². The number of carbonyl (C=O) groups excluding carboxylic acids is 1. The summed E-state index contributed by atoms with van der Waals surface area (Å²) < 4.78 is 23.4. The standard InChI is InChI=1S/C14H20N2O3S.ClH/c1-10-5-6-11(8-13(10)20(2,18)19)14(17)16-12-4-3-7-15-9-12;/h5-6,8,12,15H,3-4,7,9H2,1-2H3,(H,16,17);1H. The van der Waals surface area contributed by atoms with Gasteiger partial charge in [0.2, 0.25) is 0 Å². The second kappa shape index (κ2) is 7.24. The van der Waals surface area contributed by atoms with Crippen LogP contribution in [-0.4, -0.2) is 39.7 Å². The molecule has 0 aliphatic carbocycles. The summed E-state index contributed by atoms with van der Waals surface area (Å²) in [6.07, 6.45) is 3.14. The van der Waals surface area contributed by atoms with Gasteiger partial charge in [-0.1, -0.05) is 6.07 Å². The topological polar surface area (TPSA) is 75.3 Å². The van der Waals surface area contributed by atoms with Crippen LogP contribution in [-0.2, 0) is 9.84 Å². The van der Waals surface area contributed by atoms with Gasteiger partial charge in [-0.3, -0.25) is 4.79 Å². The minimum Gasteiger partial charge on any atom is -0.348 e. The molecule has 0 bridgehead atoms. The number of carbonyl (C=O) groups is 1. The molecule has 1 amide bonds. The van der Waals surface area contributed by atoms with Gasteiger partial charge in [-0.2, -0.15) is 0 Å². The normalized spacial score (nSPS) is 18.7. The molecule has 0 radical (unpaired) electrons. The monoisotopic (exact) mass is 332 g/mol. The molecule has 1 atom stereocenters. The zero-order valence-electron chi connectivity index (χ0n) is 12.2. The average molecular weight is 333 g/mol. The molecular weight excluding hydrogens is 312 g/mol. The van der Waals surface area contributed by atoms with Crippen molar-refractivity contribution in [2.75, 3.05) is 19.3 Å². The zero-order chi connectivity index (χ0) is 14.8. The van der Waals surface area contributed by atoms with E-state index in [1.165, 1.54) is 6.07 Å². The zero-order valence-corrected chi connectivity index (χ0v) is 13.8. The van der Waals surface area contributed by atoms with E-state index in [0.29, 0.717) is 11.1 Å². The van der Waals surface area contributed by atoms with E-state index in [9.17, 15) is 13.2 Å². The van der Waals surface area contributed by atoms with Crippen molar-refractivity contribution in [2.24, 2.45) is 0 Å². The van der Waals surface area contributed by atoms with Crippen LogP contribution < -0.4 is 10.6 Å². The molecule has 1 aromatic carbocycles. The quantitative estimate of drug-likeness (QED) is 0.875. The van der Waals surface area contributed by atoms with Crippen LogP contribution in [0.3, 0.4) is 0 Å². The molecule has 1 fully saturated rings. The number of rotatable bonds is 3. The summed E-state index contributed by atoms with van der Waals surface area (Å²) in [5, 5.41) is 6.16. The molecule has 1 heterocycles. The van der Waals surface area contributed by atoms with Gasteiger partial charge in [0.1, 0.15) is 0 Å². The van der Waals surface area contributed by atoms with E-state index in [2.05, 4.69) is 10.6 Å². The lowest BCUT2D eigenvalue weighted by Crippen LogP contribution is -2.45. The number of aryl methyl sites for hydroxylation is 1. The van der Waals surface area contributed by atoms with E-state index < -0.39 is 9.84 Å². The van der Waals surface area contributed by atoms with Crippen molar-refractivity contribution in [3.63, 3.8) is 0 Å². The van der Waals surface area contributed by atoms with Crippen LogP contribution in [0.15, 0.2) is 23.1 Å². The first-order chi connectivity index (χ1) is 9.38. The summed E-state index contributed by atoms with van der Waals surface area (Å²) in [5.41, 5.74) is 1.05. The predicted octanol–water partition coefficient (Wildman–Crippen LogP) is 1.30. The maximum absolute atomic E-state index is 12.2. The molecule has 7 heteroatoms. The van der Waals surface area contributed by atoms with Gasteiger partial charge >= 0.3 is 0 Å². The Morgan fingerprint density at radius 3 is 2.67 bits per heavy atom. The number of amides is 1. The number of nitrogens with one attached hydrogen (secondary N) is 2. The maximum atomic E-state index is 12.2. The van der Waals surface area contributed by atoms with Crippen LogP contribution in [0.5, 0.6) is 0 Å². The number of sulfone groups is 1. The fourth-order valence-corrected chi connectivity index (χ4v) is 3.38. The Kier molecular flexibility index (Phi) is 6.19. The number of piperidine rings is 1. The highest BCUT2D eigenvalue weighted by Crippen LogP contribution is 2.17. The van der Waals surface area contributed by atoms with Crippen molar-refractivity contribution in [1.82, 2.24) is 10.6 Å². The van der Waals surface area contributed by atoms with E-state index in [1.807, 2.05) is 0 Å². The highest BCUT2D eigenvalue weighted by atomic mass is 35.5. The smallest absolute Gasteiger partial charge is 0.251 e. The number of benzene rings is 1. The van der Waals surface area contributed by atoms with Crippen molar-refractivity contribution in [2.45, 2.75) is 30.7 Å². The molecule has 21 heavy (non-hydrogen) atoms. The predicted molar refractivity (Wildman–Crippen MR) is 84.9 cm³/mol. The Bertz CT molecular complexity index is 611. The van der Waals surface area contributed by atoms with Gasteiger partial charge in [-0.25, -0.2) is 8.42 Å². The number of hydrogen-bond acceptors (Lipinski definition) is 4. The van der Waals surface area contributed by atoms with Gasteiger partial charge in [-0.15, -0.1) is 12.4 Å². The van der Waals surface area contributed by atoms with Crippen LogP contribution in [0.1, 0.15) is 28.8 Å². The largest absolute Gasteiger partial charge is 0.348 e. The third-order valence-electron chi connectivity index (χ3n) is 3.48. The Morgan fingerprint density at radius 1 is 1.38 bits per heavy atom.